The van der Waals surface area contributed by atoms with Crippen LogP contribution in [-0.2, 0) is 10.2 Å². The Morgan fingerprint density at radius 2 is 2.05 bits per heavy atom. The van der Waals surface area contributed by atoms with E-state index in [0.717, 1.165) is 6.42 Å². The first-order valence-corrected chi connectivity index (χ1v) is 7.00. The fourth-order valence-corrected chi connectivity index (χ4v) is 2.99. The summed E-state index contributed by atoms with van der Waals surface area (Å²) in [5.41, 5.74) is -0.869. The van der Waals surface area contributed by atoms with Crippen molar-refractivity contribution in [3.8, 4) is 17.2 Å². The Bertz CT molecular complexity index is 580. The zero-order chi connectivity index (χ0) is 15.0. The van der Waals surface area contributed by atoms with Crippen LogP contribution in [0.2, 0.25) is 0 Å². The van der Waals surface area contributed by atoms with Gasteiger partial charge < -0.3 is 19.3 Å². The van der Waals surface area contributed by atoms with Gasteiger partial charge in [0.25, 0.3) is 0 Å². The maximum absolute atomic E-state index is 14.3. The molecule has 1 aliphatic heterocycles. The van der Waals surface area contributed by atoms with Gasteiger partial charge in [0, 0.05) is 12.5 Å². The van der Waals surface area contributed by atoms with Gasteiger partial charge in [0.15, 0.2) is 23.1 Å². The van der Waals surface area contributed by atoms with Crippen LogP contribution in [-0.4, -0.2) is 31.4 Å². The molecule has 0 unspecified atom stereocenters. The highest BCUT2D eigenvalue weighted by atomic mass is 19.1. The molecule has 2 aliphatic rings. The minimum absolute atomic E-state index is 0.0543. The molecule has 0 saturated heterocycles. The fourth-order valence-electron chi connectivity index (χ4n) is 2.99. The Hall–Kier alpha value is -1.98. The molecule has 114 valence electrons. The van der Waals surface area contributed by atoms with Gasteiger partial charge in [0.1, 0.15) is 5.41 Å². The molecular formula is C15H17FO5. The van der Waals surface area contributed by atoms with Crippen LogP contribution in [0.5, 0.6) is 17.2 Å². The number of fused-ring (bicyclic) bond motifs is 1. The molecular weight excluding hydrogens is 279 g/mol. The first-order chi connectivity index (χ1) is 10.1. The number of carboxylic acid groups (broad SMARTS) is 1. The summed E-state index contributed by atoms with van der Waals surface area (Å²) in [6.45, 7) is 0.822. The molecule has 3 rings (SSSR count). The maximum atomic E-state index is 14.3. The Kier molecular flexibility index (Phi) is 3.39. The first kappa shape index (κ1) is 14.0. The summed E-state index contributed by atoms with van der Waals surface area (Å²) in [6.07, 6.45) is 2.33. The number of hydrogen-bond donors (Lipinski definition) is 1. The van der Waals surface area contributed by atoms with E-state index in [2.05, 4.69) is 0 Å². The van der Waals surface area contributed by atoms with Gasteiger partial charge in [-0.05, 0) is 12.8 Å². The molecule has 1 aromatic carbocycles. The lowest BCUT2D eigenvalue weighted by atomic mass is 9.63. The van der Waals surface area contributed by atoms with Crippen molar-refractivity contribution in [2.75, 3.05) is 20.3 Å². The van der Waals surface area contributed by atoms with Gasteiger partial charge in [-0.15, -0.1) is 0 Å². The molecule has 0 radical (unpaired) electrons. The van der Waals surface area contributed by atoms with Gasteiger partial charge in [-0.2, -0.15) is 0 Å². The highest BCUT2D eigenvalue weighted by molar-refractivity contribution is 5.86. The zero-order valence-corrected chi connectivity index (χ0v) is 11.8. The number of aliphatic carboxylic acids is 1. The number of carbonyl (C=O) groups is 1. The van der Waals surface area contributed by atoms with Crippen molar-refractivity contribution in [1.82, 2.24) is 0 Å². The summed E-state index contributed by atoms with van der Waals surface area (Å²) in [5.74, 6) is -1.08. The monoisotopic (exact) mass is 296 g/mol. The van der Waals surface area contributed by atoms with Crippen LogP contribution >= 0.6 is 0 Å². The topological polar surface area (TPSA) is 65.0 Å². The van der Waals surface area contributed by atoms with Gasteiger partial charge in [-0.3, -0.25) is 4.79 Å². The average molecular weight is 296 g/mol. The summed E-state index contributed by atoms with van der Waals surface area (Å²) >= 11 is 0. The van der Waals surface area contributed by atoms with E-state index in [4.69, 9.17) is 14.2 Å². The molecule has 0 aromatic heterocycles. The van der Waals surface area contributed by atoms with Crippen molar-refractivity contribution >= 4 is 5.97 Å². The Balaban J connectivity index is 2.25. The van der Waals surface area contributed by atoms with Gasteiger partial charge in [0.05, 0.1) is 25.9 Å². The SMILES string of the molecule is COc1c(F)cc2c(c1C1(C(=O)O)CCC1)OCCCO2. The van der Waals surface area contributed by atoms with Crippen LogP contribution in [0.4, 0.5) is 4.39 Å². The third kappa shape index (κ3) is 2.01. The van der Waals surface area contributed by atoms with Crippen molar-refractivity contribution < 1.29 is 28.5 Å². The summed E-state index contributed by atoms with van der Waals surface area (Å²) in [7, 11) is 1.33. The molecule has 1 aromatic rings. The Labute approximate surface area is 121 Å². The van der Waals surface area contributed by atoms with Crippen molar-refractivity contribution in [2.24, 2.45) is 0 Å². The lowest BCUT2D eigenvalue weighted by Crippen LogP contribution is -2.43. The molecule has 6 heteroatoms. The minimum atomic E-state index is -1.15. The van der Waals surface area contributed by atoms with E-state index in [9.17, 15) is 14.3 Å². The van der Waals surface area contributed by atoms with Crippen molar-refractivity contribution in [1.29, 1.82) is 0 Å². The summed E-state index contributed by atoms with van der Waals surface area (Å²) < 4.78 is 30.6. The molecule has 0 spiro atoms. The molecule has 1 aliphatic carbocycles. The molecule has 1 fully saturated rings. The third-order valence-electron chi connectivity index (χ3n) is 4.24. The molecule has 1 N–H and O–H groups in total. The highest BCUT2D eigenvalue weighted by Gasteiger charge is 2.51. The van der Waals surface area contributed by atoms with Crippen molar-refractivity contribution in [2.45, 2.75) is 31.1 Å². The number of hydrogen-bond acceptors (Lipinski definition) is 4. The number of carboxylic acids is 1. The van der Waals surface area contributed by atoms with Crippen LogP contribution in [0, 0.1) is 5.82 Å². The van der Waals surface area contributed by atoms with Gasteiger partial charge in [0.2, 0.25) is 0 Å². The second-order valence-electron chi connectivity index (χ2n) is 5.39. The van der Waals surface area contributed by atoms with E-state index in [1.54, 1.807) is 0 Å². The predicted molar refractivity (Wildman–Crippen MR) is 71.7 cm³/mol. The van der Waals surface area contributed by atoms with Gasteiger partial charge >= 0.3 is 5.97 Å². The number of benzene rings is 1. The average Bonchev–Trinajstić information content (AvgIpc) is 2.61. The van der Waals surface area contributed by atoms with E-state index in [1.807, 2.05) is 0 Å². The van der Waals surface area contributed by atoms with E-state index in [1.165, 1.54) is 13.2 Å². The van der Waals surface area contributed by atoms with Crippen molar-refractivity contribution in [3.05, 3.63) is 17.4 Å². The van der Waals surface area contributed by atoms with E-state index < -0.39 is 17.2 Å². The molecule has 0 amide bonds. The number of methoxy groups -OCH3 is 1. The second-order valence-corrected chi connectivity index (χ2v) is 5.39. The quantitative estimate of drug-likeness (QED) is 0.928. The highest BCUT2D eigenvalue weighted by Crippen LogP contribution is 2.54. The molecule has 0 bridgehead atoms. The Morgan fingerprint density at radius 1 is 1.33 bits per heavy atom. The van der Waals surface area contributed by atoms with Crippen LogP contribution in [0.1, 0.15) is 31.2 Å². The summed E-state index contributed by atoms with van der Waals surface area (Å²) in [6, 6.07) is 1.21. The van der Waals surface area contributed by atoms with Gasteiger partial charge in [-0.25, -0.2) is 4.39 Å². The van der Waals surface area contributed by atoms with Crippen molar-refractivity contribution in [3.63, 3.8) is 0 Å². The normalized spacial score (nSPS) is 19.3. The molecule has 5 nitrogen and oxygen atoms in total. The fraction of sp³-hybridized carbons (Fsp3) is 0.533. The third-order valence-corrected chi connectivity index (χ3v) is 4.24. The smallest absolute Gasteiger partial charge is 0.314 e. The molecule has 21 heavy (non-hydrogen) atoms. The number of ether oxygens (including phenoxy) is 3. The minimum Gasteiger partial charge on any atom is -0.493 e. The lowest BCUT2D eigenvalue weighted by Gasteiger charge is -2.39. The number of rotatable bonds is 3. The van der Waals surface area contributed by atoms with Crippen LogP contribution < -0.4 is 14.2 Å². The largest absolute Gasteiger partial charge is 0.493 e. The Morgan fingerprint density at radius 3 is 2.62 bits per heavy atom. The zero-order valence-electron chi connectivity index (χ0n) is 11.8. The maximum Gasteiger partial charge on any atom is 0.314 e. The first-order valence-electron chi connectivity index (χ1n) is 7.00. The van der Waals surface area contributed by atoms with Crippen LogP contribution in [0.3, 0.4) is 0 Å². The van der Waals surface area contributed by atoms with Gasteiger partial charge in [-0.1, -0.05) is 6.42 Å². The van der Waals surface area contributed by atoms with E-state index in [-0.39, 0.29) is 17.1 Å². The number of halogens is 1. The van der Waals surface area contributed by atoms with Crippen LogP contribution in [0.15, 0.2) is 6.07 Å². The van der Waals surface area contributed by atoms with E-state index >= 15 is 0 Å². The molecule has 1 heterocycles. The molecule has 0 atom stereocenters. The second kappa shape index (κ2) is 5.09. The van der Waals surface area contributed by atoms with E-state index in [0.29, 0.717) is 38.2 Å². The summed E-state index contributed by atoms with van der Waals surface area (Å²) in [5, 5.41) is 9.65. The summed E-state index contributed by atoms with van der Waals surface area (Å²) in [4.78, 5) is 11.8. The molecule has 1 saturated carbocycles. The predicted octanol–water partition coefficient (Wildman–Crippen LogP) is 2.50. The lowest BCUT2D eigenvalue weighted by molar-refractivity contribution is -0.147. The van der Waals surface area contributed by atoms with Crippen LogP contribution in [0.25, 0.3) is 0 Å². The standard InChI is InChI=1S/C15H17FO5/c1-19-12-9(16)8-10-13(21-7-3-6-20-10)11(12)15(14(17)18)4-2-5-15/h8H,2-7H2,1H3,(H,17,18).